The molecule has 0 N–H and O–H groups in total. The average Bonchev–Trinajstić information content (AvgIpc) is 2.46. The lowest BCUT2D eigenvalue weighted by atomic mass is 10.2. The lowest BCUT2D eigenvalue weighted by Crippen LogP contribution is -2.21. The topological polar surface area (TPSA) is 72.3 Å². The van der Waals surface area contributed by atoms with Gasteiger partial charge in [0, 0.05) is 0 Å². The zero-order valence-electron chi connectivity index (χ0n) is 11.5. The summed E-state index contributed by atoms with van der Waals surface area (Å²) in [5.41, 5.74) is -6.43. The molecule has 2 unspecified atom stereocenters. The molecule has 0 fully saturated rings. The molecular weight excluding hydrogens is 417 g/mol. The largest absolute Gasteiger partial charge is 0.443 e. The molecule has 0 bridgehead atoms. The molecule has 134 valence electrons. The minimum absolute atomic E-state index is 0.467. The number of azo groups is 1. The summed E-state index contributed by atoms with van der Waals surface area (Å²) < 4.78 is 74.7. The smallest absolute Gasteiger partial charge is 0.197 e. The van der Waals surface area contributed by atoms with Crippen LogP contribution in [0.4, 0.5) is 32.0 Å². The van der Waals surface area contributed by atoms with Gasteiger partial charge in [-0.3, -0.25) is 0 Å². The van der Waals surface area contributed by atoms with Crippen LogP contribution in [0.2, 0.25) is 10.0 Å². The second-order valence-corrected chi connectivity index (χ2v) is 6.21. The molecule has 25 heavy (non-hydrogen) atoms. The zero-order chi connectivity index (χ0) is 19.4. The Balaban J connectivity index is 3.15. The minimum atomic E-state index is -4.80. The van der Waals surface area contributed by atoms with E-state index in [9.17, 15) is 26.3 Å². The van der Waals surface area contributed by atoms with Gasteiger partial charge in [0.2, 0.25) is 0 Å². The molecule has 0 amide bonds. The van der Waals surface area contributed by atoms with Crippen LogP contribution in [0, 0.1) is 22.7 Å². The van der Waals surface area contributed by atoms with Gasteiger partial charge in [-0.2, -0.15) is 47.1 Å². The summed E-state index contributed by atoms with van der Waals surface area (Å²) in [4.78, 5) is 0. The van der Waals surface area contributed by atoms with E-state index in [2.05, 4.69) is 10.2 Å². The van der Waals surface area contributed by atoms with Crippen molar-refractivity contribution in [1.29, 1.82) is 10.5 Å². The van der Waals surface area contributed by atoms with Crippen LogP contribution in [0.5, 0.6) is 0 Å². The predicted molar refractivity (Wildman–Crippen MR) is 78.4 cm³/mol. The van der Waals surface area contributed by atoms with Crippen molar-refractivity contribution in [2.45, 2.75) is 23.0 Å². The first-order valence-corrected chi connectivity index (χ1v) is 7.53. The molecule has 0 aliphatic rings. The number of nitriles is 2. The SMILES string of the molecule is N#CC(N=Nc1c(Cl)cc(C(F)(F)F)cc1Cl)C(C#N)SC(F)(F)F. The summed E-state index contributed by atoms with van der Waals surface area (Å²) in [6.07, 6.45) is -4.73. The summed E-state index contributed by atoms with van der Waals surface area (Å²) in [5, 5.41) is 21.1. The summed E-state index contributed by atoms with van der Waals surface area (Å²) >= 11 is 10.5. The predicted octanol–water partition coefficient (Wildman–Crippen LogP) is 6.13. The fourth-order valence-corrected chi connectivity index (χ4v) is 2.55. The molecule has 0 aliphatic carbocycles. The third-order valence-corrected chi connectivity index (χ3v) is 3.89. The molecule has 0 aromatic heterocycles. The van der Waals surface area contributed by atoms with Crippen molar-refractivity contribution in [3.8, 4) is 12.1 Å². The van der Waals surface area contributed by atoms with E-state index < -0.39 is 56.0 Å². The third-order valence-electron chi connectivity index (χ3n) is 2.43. The van der Waals surface area contributed by atoms with Crippen molar-refractivity contribution in [1.82, 2.24) is 0 Å². The zero-order valence-corrected chi connectivity index (χ0v) is 13.9. The second-order valence-electron chi connectivity index (χ2n) is 4.19. The van der Waals surface area contributed by atoms with Crippen molar-refractivity contribution in [2.24, 2.45) is 10.2 Å². The van der Waals surface area contributed by atoms with Gasteiger partial charge in [0.15, 0.2) is 6.04 Å². The Bertz CT molecular complexity index is 727. The monoisotopic (exact) mass is 420 g/mol. The van der Waals surface area contributed by atoms with Gasteiger partial charge in [0.25, 0.3) is 0 Å². The van der Waals surface area contributed by atoms with E-state index in [1.165, 1.54) is 12.1 Å². The molecule has 0 radical (unpaired) electrons. The van der Waals surface area contributed by atoms with Crippen molar-refractivity contribution >= 4 is 40.7 Å². The number of hydrogen-bond donors (Lipinski definition) is 0. The molecular formula is C12H4Cl2F6N4S. The molecule has 0 saturated heterocycles. The molecule has 0 heterocycles. The molecule has 1 aromatic rings. The third kappa shape index (κ3) is 6.27. The van der Waals surface area contributed by atoms with Gasteiger partial charge in [0.05, 0.1) is 27.7 Å². The van der Waals surface area contributed by atoms with Crippen molar-refractivity contribution in [3.05, 3.63) is 27.7 Å². The Kier molecular flexibility index (Phi) is 6.94. The number of halogens is 8. The van der Waals surface area contributed by atoms with Crippen molar-refractivity contribution < 1.29 is 26.3 Å². The number of rotatable bonds is 4. The Hall–Kier alpha value is -1.69. The molecule has 1 rings (SSSR count). The first-order valence-electron chi connectivity index (χ1n) is 5.90. The molecule has 4 nitrogen and oxygen atoms in total. The number of benzene rings is 1. The number of alkyl halides is 6. The standard InChI is InChI=1S/C12H4Cl2F6N4S/c13-6-1-5(11(15,16)17)2-7(14)10(6)24-23-8(3-21)9(4-22)25-12(18,19)20/h1-2,8-9H. The van der Waals surface area contributed by atoms with E-state index in [0.29, 0.717) is 12.1 Å². The maximum atomic E-state index is 12.6. The maximum Gasteiger partial charge on any atom is 0.443 e. The highest BCUT2D eigenvalue weighted by molar-refractivity contribution is 8.01. The van der Waals surface area contributed by atoms with Crippen molar-refractivity contribution in [2.75, 3.05) is 0 Å². The van der Waals surface area contributed by atoms with E-state index >= 15 is 0 Å². The maximum absolute atomic E-state index is 12.6. The molecule has 1 aromatic carbocycles. The number of nitrogens with zero attached hydrogens (tertiary/aromatic N) is 4. The van der Waals surface area contributed by atoms with E-state index in [-0.39, 0.29) is 0 Å². The molecule has 13 heteroatoms. The van der Waals surface area contributed by atoms with E-state index in [4.69, 9.17) is 33.7 Å². The van der Waals surface area contributed by atoms with Crippen molar-refractivity contribution in [3.63, 3.8) is 0 Å². The first-order chi connectivity index (χ1) is 11.4. The molecule has 2 atom stereocenters. The fourth-order valence-electron chi connectivity index (χ4n) is 1.40. The van der Waals surface area contributed by atoms with Gasteiger partial charge in [-0.25, -0.2) is 0 Å². The number of thioether (sulfide) groups is 1. The van der Waals surface area contributed by atoms with Gasteiger partial charge in [0.1, 0.15) is 10.9 Å². The van der Waals surface area contributed by atoms with Gasteiger partial charge in [-0.1, -0.05) is 23.2 Å². The van der Waals surface area contributed by atoms with Gasteiger partial charge < -0.3 is 0 Å². The minimum Gasteiger partial charge on any atom is -0.197 e. The quantitative estimate of drug-likeness (QED) is 0.434. The van der Waals surface area contributed by atoms with Crippen LogP contribution in [0.25, 0.3) is 0 Å². The second kappa shape index (κ2) is 8.13. The van der Waals surface area contributed by atoms with Crippen LogP contribution >= 0.6 is 35.0 Å². The van der Waals surface area contributed by atoms with Crippen LogP contribution in [-0.4, -0.2) is 16.8 Å². The van der Waals surface area contributed by atoms with Crippen LogP contribution in [-0.2, 0) is 6.18 Å². The van der Waals surface area contributed by atoms with Crippen LogP contribution < -0.4 is 0 Å². The lowest BCUT2D eigenvalue weighted by molar-refractivity contribution is -0.137. The van der Waals surface area contributed by atoms with Crippen LogP contribution in [0.1, 0.15) is 5.56 Å². The fraction of sp³-hybridized carbons (Fsp3) is 0.333. The summed E-state index contributed by atoms with van der Waals surface area (Å²) in [6.45, 7) is 0. The Morgan fingerprint density at radius 2 is 1.52 bits per heavy atom. The summed E-state index contributed by atoms with van der Waals surface area (Å²) in [7, 11) is 0. The highest BCUT2D eigenvalue weighted by atomic mass is 35.5. The van der Waals surface area contributed by atoms with Crippen LogP contribution in [0.15, 0.2) is 22.4 Å². The highest BCUT2D eigenvalue weighted by Gasteiger charge is 2.37. The normalized spacial score (nSPS) is 14.8. The molecule has 0 spiro atoms. The van der Waals surface area contributed by atoms with E-state index in [1.54, 1.807) is 0 Å². The van der Waals surface area contributed by atoms with Gasteiger partial charge >= 0.3 is 11.7 Å². The lowest BCUT2D eigenvalue weighted by Gasteiger charge is -2.13. The molecule has 0 saturated carbocycles. The highest BCUT2D eigenvalue weighted by Crippen LogP contribution is 2.41. The first kappa shape index (κ1) is 21.4. The van der Waals surface area contributed by atoms with E-state index in [0.717, 1.165) is 0 Å². The van der Waals surface area contributed by atoms with Gasteiger partial charge in [-0.05, 0) is 23.9 Å². The Morgan fingerprint density at radius 3 is 1.88 bits per heavy atom. The Morgan fingerprint density at radius 1 is 1.00 bits per heavy atom. The molecule has 0 aliphatic heterocycles. The van der Waals surface area contributed by atoms with Gasteiger partial charge in [-0.15, -0.1) is 0 Å². The summed E-state index contributed by atoms with van der Waals surface area (Å²) in [5.74, 6) is 0. The average molecular weight is 421 g/mol. The Labute approximate surface area is 151 Å². The summed E-state index contributed by atoms with van der Waals surface area (Å²) in [6, 6.07) is 1.76. The van der Waals surface area contributed by atoms with E-state index in [1.807, 2.05) is 0 Å². The number of hydrogen-bond acceptors (Lipinski definition) is 5. The van der Waals surface area contributed by atoms with Crippen LogP contribution in [0.3, 0.4) is 0 Å².